The highest BCUT2D eigenvalue weighted by atomic mass is 32.2. The molecular formula is C17H25N3O3S. The number of hydrogen-bond acceptors (Lipinski definition) is 4. The van der Waals surface area contributed by atoms with E-state index in [9.17, 15) is 13.2 Å². The van der Waals surface area contributed by atoms with Gasteiger partial charge in [0.1, 0.15) is 6.54 Å². The largest absolute Gasteiger partial charge is 0.339 e. The van der Waals surface area contributed by atoms with Crippen LogP contribution < -0.4 is 4.31 Å². The lowest BCUT2D eigenvalue weighted by Gasteiger charge is -2.26. The zero-order chi connectivity index (χ0) is 17.5. The van der Waals surface area contributed by atoms with Gasteiger partial charge >= 0.3 is 0 Å². The number of aryl methyl sites for hydroxylation is 1. The third-order valence-electron chi connectivity index (χ3n) is 5.15. The van der Waals surface area contributed by atoms with Crippen molar-refractivity contribution in [1.29, 1.82) is 0 Å². The van der Waals surface area contributed by atoms with Crippen molar-refractivity contribution in [1.82, 2.24) is 9.80 Å². The molecule has 132 valence electrons. The van der Waals surface area contributed by atoms with Crippen LogP contribution in [0.1, 0.15) is 12.0 Å². The molecule has 0 saturated carbocycles. The lowest BCUT2D eigenvalue weighted by Crippen LogP contribution is -2.43. The van der Waals surface area contributed by atoms with Gasteiger partial charge in [0.2, 0.25) is 15.9 Å². The lowest BCUT2D eigenvalue weighted by molar-refractivity contribution is -0.128. The Balaban J connectivity index is 1.75. The average molecular weight is 351 g/mol. The highest BCUT2D eigenvalue weighted by Gasteiger charge is 2.41. The maximum Gasteiger partial charge on any atom is 0.243 e. The minimum atomic E-state index is -3.51. The molecule has 7 heteroatoms. The van der Waals surface area contributed by atoms with Crippen LogP contribution in [0.4, 0.5) is 5.69 Å². The fourth-order valence-corrected chi connectivity index (χ4v) is 4.62. The maximum atomic E-state index is 12.7. The Morgan fingerprint density at radius 3 is 2.71 bits per heavy atom. The van der Waals surface area contributed by atoms with E-state index in [0.717, 1.165) is 31.3 Å². The standard InChI is InChI=1S/C17H25N3O3S/c1-13-5-4-6-15(9-13)20(24(3,22)23)12-17(21)19-10-14-7-8-18(2)16(14)11-19/h4-6,9,14,16H,7-8,10-12H2,1-3H3/t14-,16+/m1/s1. The van der Waals surface area contributed by atoms with E-state index in [4.69, 9.17) is 0 Å². The van der Waals surface area contributed by atoms with E-state index in [0.29, 0.717) is 24.2 Å². The number of carbonyl (C=O) groups is 1. The van der Waals surface area contributed by atoms with Gasteiger partial charge in [0, 0.05) is 19.1 Å². The summed E-state index contributed by atoms with van der Waals surface area (Å²) in [6.45, 7) is 4.29. The summed E-state index contributed by atoms with van der Waals surface area (Å²) in [5, 5.41) is 0. The van der Waals surface area contributed by atoms with Gasteiger partial charge in [-0.2, -0.15) is 0 Å². The molecule has 2 heterocycles. The molecule has 3 rings (SSSR count). The molecule has 2 atom stereocenters. The molecule has 2 aliphatic heterocycles. The van der Waals surface area contributed by atoms with Crippen molar-refractivity contribution in [3.05, 3.63) is 29.8 Å². The highest BCUT2D eigenvalue weighted by Crippen LogP contribution is 2.30. The highest BCUT2D eigenvalue weighted by molar-refractivity contribution is 7.92. The predicted molar refractivity (Wildman–Crippen MR) is 94.5 cm³/mol. The topological polar surface area (TPSA) is 60.9 Å². The Morgan fingerprint density at radius 1 is 1.33 bits per heavy atom. The van der Waals surface area contributed by atoms with Crippen LogP contribution in [-0.4, -0.2) is 69.6 Å². The van der Waals surface area contributed by atoms with Crippen molar-refractivity contribution in [2.24, 2.45) is 5.92 Å². The maximum absolute atomic E-state index is 12.7. The fourth-order valence-electron chi connectivity index (χ4n) is 3.78. The van der Waals surface area contributed by atoms with Gasteiger partial charge in [0.05, 0.1) is 11.9 Å². The van der Waals surface area contributed by atoms with Crippen molar-refractivity contribution >= 4 is 21.6 Å². The first kappa shape index (κ1) is 17.2. The molecule has 0 radical (unpaired) electrons. The van der Waals surface area contributed by atoms with Gasteiger partial charge in [-0.1, -0.05) is 12.1 Å². The third-order valence-corrected chi connectivity index (χ3v) is 6.29. The molecule has 1 amide bonds. The number of nitrogens with zero attached hydrogens (tertiary/aromatic N) is 3. The fraction of sp³-hybridized carbons (Fsp3) is 0.588. The molecule has 0 spiro atoms. The summed E-state index contributed by atoms with van der Waals surface area (Å²) in [4.78, 5) is 16.8. The van der Waals surface area contributed by atoms with Crippen LogP contribution in [0.2, 0.25) is 0 Å². The second-order valence-electron chi connectivity index (χ2n) is 7.00. The van der Waals surface area contributed by atoms with Gasteiger partial charge in [-0.25, -0.2) is 8.42 Å². The number of amides is 1. The number of rotatable bonds is 4. The molecule has 0 aliphatic carbocycles. The molecule has 1 aromatic carbocycles. The van der Waals surface area contributed by atoms with E-state index in [1.54, 1.807) is 12.1 Å². The molecule has 6 nitrogen and oxygen atoms in total. The van der Waals surface area contributed by atoms with E-state index in [2.05, 4.69) is 11.9 Å². The predicted octanol–water partition coefficient (Wildman–Crippen LogP) is 0.924. The van der Waals surface area contributed by atoms with Gasteiger partial charge in [-0.3, -0.25) is 9.10 Å². The second-order valence-corrected chi connectivity index (χ2v) is 8.91. The van der Waals surface area contributed by atoms with Gasteiger partial charge in [-0.15, -0.1) is 0 Å². The van der Waals surface area contributed by atoms with Crippen molar-refractivity contribution in [2.45, 2.75) is 19.4 Å². The smallest absolute Gasteiger partial charge is 0.243 e. The van der Waals surface area contributed by atoms with Crippen LogP contribution in [0, 0.1) is 12.8 Å². The number of sulfonamides is 1. The van der Waals surface area contributed by atoms with Crippen molar-refractivity contribution in [2.75, 3.05) is 43.8 Å². The number of anilines is 1. The average Bonchev–Trinajstić information content (AvgIpc) is 3.06. The van der Waals surface area contributed by atoms with Crippen LogP contribution in [0.3, 0.4) is 0 Å². The molecule has 0 unspecified atom stereocenters. The molecule has 0 aromatic heterocycles. The summed E-state index contributed by atoms with van der Waals surface area (Å²) >= 11 is 0. The van der Waals surface area contributed by atoms with Crippen LogP contribution >= 0.6 is 0 Å². The first-order valence-corrected chi connectivity index (χ1v) is 10.1. The summed E-state index contributed by atoms with van der Waals surface area (Å²) in [6, 6.07) is 7.65. The van der Waals surface area contributed by atoms with Gasteiger partial charge in [0.15, 0.2) is 0 Å². The monoisotopic (exact) mass is 351 g/mol. The summed E-state index contributed by atoms with van der Waals surface area (Å²) in [5.41, 5.74) is 1.51. The van der Waals surface area contributed by atoms with Gasteiger partial charge in [-0.05, 0) is 50.6 Å². The first-order valence-electron chi connectivity index (χ1n) is 8.28. The molecule has 24 heavy (non-hydrogen) atoms. The zero-order valence-electron chi connectivity index (χ0n) is 14.5. The number of carbonyl (C=O) groups excluding carboxylic acids is 1. The molecular weight excluding hydrogens is 326 g/mol. The first-order chi connectivity index (χ1) is 11.3. The normalized spacial score (nSPS) is 24.2. The Morgan fingerprint density at radius 2 is 2.08 bits per heavy atom. The van der Waals surface area contributed by atoms with E-state index in [1.807, 2.05) is 24.0 Å². The van der Waals surface area contributed by atoms with E-state index >= 15 is 0 Å². The number of benzene rings is 1. The SMILES string of the molecule is Cc1cccc(N(CC(=O)N2C[C@H]3CCN(C)[C@H]3C2)S(C)(=O)=O)c1. The molecule has 1 aromatic rings. The van der Waals surface area contributed by atoms with Crippen molar-refractivity contribution in [3.8, 4) is 0 Å². The number of fused-ring (bicyclic) bond motifs is 1. The van der Waals surface area contributed by atoms with Crippen molar-refractivity contribution in [3.63, 3.8) is 0 Å². The lowest BCUT2D eigenvalue weighted by atomic mass is 10.1. The zero-order valence-corrected chi connectivity index (χ0v) is 15.3. The minimum Gasteiger partial charge on any atom is -0.339 e. The van der Waals surface area contributed by atoms with Crippen LogP contribution in [0.15, 0.2) is 24.3 Å². The minimum absolute atomic E-state index is 0.121. The number of likely N-dealkylation sites (N-methyl/N-ethyl adjacent to an activating group) is 1. The molecule has 0 N–H and O–H groups in total. The Hall–Kier alpha value is -1.60. The Labute approximate surface area is 144 Å². The van der Waals surface area contributed by atoms with E-state index in [1.165, 1.54) is 4.31 Å². The quantitative estimate of drug-likeness (QED) is 0.809. The van der Waals surface area contributed by atoms with Crippen LogP contribution in [-0.2, 0) is 14.8 Å². The van der Waals surface area contributed by atoms with Crippen LogP contribution in [0.25, 0.3) is 0 Å². The second kappa shape index (κ2) is 6.37. The van der Waals surface area contributed by atoms with E-state index in [-0.39, 0.29) is 12.5 Å². The van der Waals surface area contributed by atoms with Gasteiger partial charge in [0.25, 0.3) is 0 Å². The number of hydrogen-bond donors (Lipinski definition) is 0. The van der Waals surface area contributed by atoms with Gasteiger partial charge < -0.3 is 9.80 Å². The molecule has 2 fully saturated rings. The Bertz CT molecular complexity index is 734. The third kappa shape index (κ3) is 3.42. The Kier molecular flexibility index (Phi) is 4.57. The summed E-state index contributed by atoms with van der Waals surface area (Å²) in [7, 11) is -1.42. The summed E-state index contributed by atoms with van der Waals surface area (Å²) in [5.74, 6) is 0.398. The number of likely N-dealkylation sites (tertiary alicyclic amines) is 2. The van der Waals surface area contributed by atoms with Crippen LogP contribution in [0.5, 0.6) is 0 Å². The van der Waals surface area contributed by atoms with Crippen molar-refractivity contribution < 1.29 is 13.2 Å². The van der Waals surface area contributed by atoms with E-state index < -0.39 is 10.0 Å². The summed E-state index contributed by atoms with van der Waals surface area (Å²) in [6.07, 6.45) is 2.26. The molecule has 0 bridgehead atoms. The summed E-state index contributed by atoms with van der Waals surface area (Å²) < 4.78 is 25.6. The molecule has 2 saturated heterocycles. The molecule has 2 aliphatic rings.